The van der Waals surface area contributed by atoms with E-state index in [2.05, 4.69) is 12.1 Å². The average Bonchev–Trinajstić information content (AvgIpc) is 2.64. The molecule has 0 amide bonds. The highest BCUT2D eigenvalue weighted by Gasteiger charge is 2.62. The minimum Gasteiger partial charge on any atom is -0.464 e. The molecule has 2 unspecified atom stereocenters. The van der Waals surface area contributed by atoms with E-state index < -0.39 is 0 Å². The molecule has 2 fully saturated rings. The Morgan fingerprint density at radius 3 is 2.83 bits per heavy atom. The number of cyclic esters (lactones) is 1. The molecule has 18 heavy (non-hydrogen) atoms. The highest BCUT2D eigenvalue weighted by molar-refractivity contribution is 5.98. The Hall–Kier alpha value is -1.57. The number of carbonyl (C=O) groups is 1. The molecular formula is C16H16O2. The molecule has 1 spiro atoms. The van der Waals surface area contributed by atoms with E-state index >= 15 is 0 Å². The zero-order valence-corrected chi connectivity index (χ0v) is 10.3. The van der Waals surface area contributed by atoms with Crippen LogP contribution in [-0.2, 0) is 9.53 Å². The predicted molar refractivity (Wildman–Crippen MR) is 68.7 cm³/mol. The zero-order chi connectivity index (χ0) is 12.2. The number of hydrogen-bond donors (Lipinski definition) is 0. The van der Waals surface area contributed by atoms with Crippen LogP contribution >= 0.6 is 0 Å². The monoisotopic (exact) mass is 240 g/mol. The van der Waals surface area contributed by atoms with Crippen molar-refractivity contribution in [3.05, 3.63) is 41.5 Å². The fourth-order valence-electron chi connectivity index (χ4n) is 4.06. The predicted octanol–water partition coefficient (Wildman–Crippen LogP) is 3.19. The second kappa shape index (κ2) is 3.47. The first-order chi connectivity index (χ1) is 8.83. The van der Waals surface area contributed by atoms with Gasteiger partial charge in [0, 0.05) is 5.41 Å². The molecule has 0 aromatic heterocycles. The number of carbonyl (C=O) groups excluding carboxylic acids is 1. The van der Waals surface area contributed by atoms with Crippen molar-refractivity contribution in [1.29, 1.82) is 0 Å². The molecule has 1 aromatic carbocycles. The van der Waals surface area contributed by atoms with E-state index in [4.69, 9.17) is 4.74 Å². The van der Waals surface area contributed by atoms with Gasteiger partial charge in [0.25, 0.3) is 0 Å². The van der Waals surface area contributed by atoms with Crippen molar-refractivity contribution >= 4 is 11.5 Å². The van der Waals surface area contributed by atoms with Crippen LogP contribution in [0.25, 0.3) is 5.57 Å². The van der Waals surface area contributed by atoms with Gasteiger partial charge in [0.2, 0.25) is 0 Å². The highest BCUT2D eigenvalue weighted by Crippen LogP contribution is 2.64. The average molecular weight is 240 g/mol. The highest BCUT2D eigenvalue weighted by atomic mass is 16.5. The number of esters is 1. The summed E-state index contributed by atoms with van der Waals surface area (Å²) in [6.07, 6.45) is 4.78. The lowest BCUT2D eigenvalue weighted by Crippen LogP contribution is -2.45. The molecule has 1 saturated carbocycles. The van der Waals surface area contributed by atoms with Crippen LogP contribution in [0.5, 0.6) is 0 Å². The summed E-state index contributed by atoms with van der Waals surface area (Å²) in [7, 11) is 0. The summed E-state index contributed by atoms with van der Waals surface area (Å²) in [4.78, 5) is 12.0. The Kier molecular flexibility index (Phi) is 2.00. The van der Waals surface area contributed by atoms with Crippen molar-refractivity contribution in [3.8, 4) is 0 Å². The molecule has 1 heterocycles. The lowest BCUT2D eigenvalue weighted by atomic mass is 9.51. The summed E-state index contributed by atoms with van der Waals surface area (Å²) >= 11 is 0. The van der Waals surface area contributed by atoms with Gasteiger partial charge in [-0.25, -0.2) is 0 Å². The van der Waals surface area contributed by atoms with E-state index in [1.54, 1.807) is 0 Å². The van der Waals surface area contributed by atoms with Gasteiger partial charge in [-0.3, -0.25) is 4.79 Å². The SMILES string of the molecule is O=C1OCC23CCCCC2=C(c2ccccc2)C13. The van der Waals surface area contributed by atoms with Crippen molar-refractivity contribution in [3.63, 3.8) is 0 Å². The van der Waals surface area contributed by atoms with Crippen molar-refractivity contribution in [2.45, 2.75) is 25.7 Å². The third-order valence-corrected chi connectivity index (χ3v) is 4.86. The van der Waals surface area contributed by atoms with Gasteiger partial charge >= 0.3 is 5.97 Å². The summed E-state index contributed by atoms with van der Waals surface area (Å²) in [5.74, 6) is 0.0229. The topological polar surface area (TPSA) is 26.3 Å². The van der Waals surface area contributed by atoms with Gasteiger partial charge in [0.15, 0.2) is 0 Å². The Labute approximate surface area is 107 Å². The lowest BCUT2D eigenvalue weighted by molar-refractivity contribution is -0.139. The van der Waals surface area contributed by atoms with Crippen molar-refractivity contribution < 1.29 is 9.53 Å². The van der Waals surface area contributed by atoms with Crippen LogP contribution in [0.1, 0.15) is 31.2 Å². The van der Waals surface area contributed by atoms with E-state index in [0.29, 0.717) is 6.61 Å². The van der Waals surface area contributed by atoms with Gasteiger partial charge in [0.05, 0.1) is 5.92 Å². The van der Waals surface area contributed by atoms with E-state index in [1.807, 2.05) is 18.2 Å². The molecule has 0 bridgehead atoms. The number of benzene rings is 1. The molecule has 92 valence electrons. The minimum atomic E-state index is -0.000460. The van der Waals surface area contributed by atoms with Crippen LogP contribution in [0.15, 0.2) is 35.9 Å². The molecule has 3 aliphatic rings. The van der Waals surface area contributed by atoms with Crippen LogP contribution < -0.4 is 0 Å². The molecule has 2 heteroatoms. The summed E-state index contributed by atoms with van der Waals surface area (Å²) < 4.78 is 5.37. The van der Waals surface area contributed by atoms with Gasteiger partial charge in [0.1, 0.15) is 6.61 Å². The molecule has 1 aromatic rings. The van der Waals surface area contributed by atoms with E-state index in [9.17, 15) is 4.79 Å². The first-order valence-electron chi connectivity index (χ1n) is 6.78. The summed E-state index contributed by atoms with van der Waals surface area (Å²) in [6.45, 7) is 0.627. The second-order valence-electron chi connectivity index (χ2n) is 5.66. The van der Waals surface area contributed by atoms with Crippen LogP contribution in [0, 0.1) is 11.3 Å². The smallest absolute Gasteiger partial charge is 0.314 e. The van der Waals surface area contributed by atoms with E-state index in [1.165, 1.54) is 29.6 Å². The minimum absolute atomic E-state index is 0.000460. The second-order valence-corrected chi connectivity index (χ2v) is 5.66. The maximum absolute atomic E-state index is 12.0. The maximum atomic E-state index is 12.0. The molecule has 2 nitrogen and oxygen atoms in total. The van der Waals surface area contributed by atoms with E-state index in [-0.39, 0.29) is 17.3 Å². The summed E-state index contributed by atoms with van der Waals surface area (Å²) in [5, 5.41) is 0. The molecular weight excluding hydrogens is 224 g/mol. The molecule has 0 radical (unpaired) electrons. The largest absolute Gasteiger partial charge is 0.464 e. The standard InChI is InChI=1S/C16H16O2/c17-15-14-13(11-6-2-1-3-7-11)12-8-4-5-9-16(12,14)10-18-15/h1-3,6-7,14H,4-5,8-10H2. The van der Waals surface area contributed by atoms with Crippen LogP contribution in [0.4, 0.5) is 0 Å². The zero-order valence-electron chi connectivity index (χ0n) is 10.3. The Balaban J connectivity index is 1.87. The van der Waals surface area contributed by atoms with Crippen molar-refractivity contribution in [2.24, 2.45) is 11.3 Å². The van der Waals surface area contributed by atoms with Crippen LogP contribution in [0.3, 0.4) is 0 Å². The molecule has 4 rings (SSSR count). The molecule has 1 saturated heterocycles. The molecule has 2 atom stereocenters. The molecule has 2 aliphatic carbocycles. The number of ether oxygens (including phenoxy) is 1. The van der Waals surface area contributed by atoms with Gasteiger partial charge in [-0.15, -0.1) is 0 Å². The normalized spacial score (nSPS) is 33.6. The van der Waals surface area contributed by atoms with E-state index in [0.717, 1.165) is 12.8 Å². The van der Waals surface area contributed by atoms with Gasteiger partial charge < -0.3 is 4.74 Å². The number of hydrogen-bond acceptors (Lipinski definition) is 2. The summed E-state index contributed by atoms with van der Waals surface area (Å²) in [6, 6.07) is 10.4. The van der Waals surface area contributed by atoms with Crippen molar-refractivity contribution in [2.75, 3.05) is 6.61 Å². The first kappa shape index (κ1) is 10.4. The lowest BCUT2D eigenvalue weighted by Gasteiger charge is -2.49. The Bertz CT molecular complexity index is 543. The fourth-order valence-corrected chi connectivity index (χ4v) is 4.06. The number of rotatable bonds is 1. The van der Waals surface area contributed by atoms with Gasteiger partial charge in [-0.2, -0.15) is 0 Å². The molecule has 0 N–H and O–H groups in total. The fraction of sp³-hybridized carbons (Fsp3) is 0.438. The van der Waals surface area contributed by atoms with Crippen LogP contribution in [-0.4, -0.2) is 12.6 Å². The molecule has 1 aliphatic heterocycles. The maximum Gasteiger partial charge on any atom is 0.314 e. The Morgan fingerprint density at radius 1 is 1.17 bits per heavy atom. The van der Waals surface area contributed by atoms with Crippen molar-refractivity contribution in [1.82, 2.24) is 0 Å². The third kappa shape index (κ3) is 1.11. The van der Waals surface area contributed by atoms with Crippen LogP contribution in [0.2, 0.25) is 0 Å². The van der Waals surface area contributed by atoms with Gasteiger partial charge in [-0.05, 0) is 30.4 Å². The first-order valence-corrected chi connectivity index (χ1v) is 6.78. The third-order valence-electron chi connectivity index (χ3n) is 4.86. The summed E-state index contributed by atoms with van der Waals surface area (Å²) in [5.41, 5.74) is 4.09. The van der Waals surface area contributed by atoms with Gasteiger partial charge in [-0.1, -0.05) is 42.3 Å². The quantitative estimate of drug-likeness (QED) is 0.705. The Morgan fingerprint density at radius 2 is 2.00 bits per heavy atom.